The molecule has 14 heavy (non-hydrogen) atoms. The molecule has 4 nitrogen and oxygen atoms in total. The molecule has 0 spiro atoms. The van der Waals surface area contributed by atoms with E-state index in [-0.39, 0.29) is 5.28 Å². The molecule has 0 fully saturated rings. The molecule has 1 heterocycles. The summed E-state index contributed by atoms with van der Waals surface area (Å²) in [5.41, 5.74) is 6.18. The van der Waals surface area contributed by atoms with Crippen LogP contribution in [0.2, 0.25) is 5.28 Å². The molecule has 3 N–H and O–H groups in total. The quantitative estimate of drug-likeness (QED) is 0.777. The second-order valence-electron chi connectivity index (χ2n) is 2.87. The zero-order valence-corrected chi connectivity index (χ0v) is 9.69. The lowest BCUT2D eigenvalue weighted by molar-refractivity contribution is 0.987. The maximum atomic E-state index is 5.66. The lowest BCUT2D eigenvalue weighted by Crippen LogP contribution is -2.14. The van der Waals surface area contributed by atoms with Gasteiger partial charge in [0.05, 0.1) is 11.9 Å². The van der Waals surface area contributed by atoms with Crippen LogP contribution in [-0.2, 0) is 0 Å². The molecule has 1 aromatic heterocycles. The van der Waals surface area contributed by atoms with Crippen molar-refractivity contribution in [2.45, 2.75) is 12.2 Å². The third-order valence-corrected chi connectivity index (χ3v) is 2.90. The highest BCUT2D eigenvalue weighted by Crippen LogP contribution is 2.16. The third-order valence-electron chi connectivity index (χ3n) is 1.75. The van der Waals surface area contributed by atoms with Crippen LogP contribution < -0.4 is 11.1 Å². The lowest BCUT2D eigenvalue weighted by Gasteiger charge is -2.11. The van der Waals surface area contributed by atoms with Gasteiger partial charge in [0.1, 0.15) is 0 Å². The smallest absolute Gasteiger partial charge is 0.224 e. The number of nitrogens with zero attached hydrogens (tertiary/aromatic N) is 2. The minimum Gasteiger partial charge on any atom is -0.394 e. The molecule has 1 aromatic rings. The number of nitrogens with two attached hydrogens (primary N) is 1. The van der Waals surface area contributed by atoms with Crippen LogP contribution in [0.4, 0.5) is 11.5 Å². The zero-order valence-electron chi connectivity index (χ0n) is 8.12. The molecule has 1 rings (SSSR count). The van der Waals surface area contributed by atoms with Gasteiger partial charge in [-0.1, -0.05) is 6.92 Å². The Morgan fingerprint density at radius 3 is 3.07 bits per heavy atom. The summed E-state index contributed by atoms with van der Waals surface area (Å²) in [5.74, 6) is 0.603. The van der Waals surface area contributed by atoms with Crippen molar-refractivity contribution in [1.29, 1.82) is 0 Å². The molecule has 0 radical (unpaired) electrons. The van der Waals surface area contributed by atoms with Gasteiger partial charge in [-0.05, 0) is 17.9 Å². The Morgan fingerprint density at radius 1 is 1.71 bits per heavy atom. The molecule has 6 heteroatoms. The SMILES string of the molecule is CSC(C)CNc1nc(Cl)ncc1N. The van der Waals surface area contributed by atoms with E-state index in [9.17, 15) is 0 Å². The van der Waals surface area contributed by atoms with Crippen LogP contribution in [0.25, 0.3) is 0 Å². The molecule has 78 valence electrons. The highest BCUT2D eigenvalue weighted by Gasteiger charge is 2.04. The Hall–Kier alpha value is -0.680. The van der Waals surface area contributed by atoms with E-state index in [1.165, 1.54) is 6.20 Å². The predicted octanol–water partition coefficient (Wildman–Crippen LogP) is 1.88. The largest absolute Gasteiger partial charge is 0.394 e. The second-order valence-corrected chi connectivity index (χ2v) is 4.48. The topological polar surface area (TPSA) is 63.8 Å². The Kier molecular flexibility index (Phi) is 4.28. The number of hydrogen-bond acceptors (Lipinski definition) is 5. The molecule has 0 amide bonds. The van der Waals surface area contributed by atoms with E-state index >= 15 is 0 Å². The summed E-state index contributed by atoms with van der Waals surface area (Å²) in [6.45, 7) is 2.93. The summed E-state index contributed by atoms with van der Waals surface area (Å²) in [7, 11) is 0. The number of anilines is 2. The van der Waals surface area contributed by atoms with Crippen molar-refractivity contribution >= 4 is 34.9 Å². The minimum atomic E-state index is 0.207. The Balaban J connectivity index is 2.62. The monoisotopic (exact) mass is 232 g/mol. The Bertz CT molecular complexity index is 307. The molecule has 0 aliphatic rings. The summed E-state index contributed by atoms with van der Waals surface area (Å²) in [6, 6.07) is 0. The molecular weight excluding hydrogens is 220 g/mol. The summed E-state index contributed by atoms with van der Waals surface area (Å²) >= 11 is 7.42. The van der Waals surface area contributed by atoms with Crippen LogP contribution >= 0.6 is 23.4 Å². The fourth-order valence-corrected chi connectivity index (χ4v) is 1.22. The van der Waals surface area contributed by atoms with E-state index in [4.69, 9.17) is 17.3 Å². The number of nitrogen functional groups attached to an aromatic ring is 1. The van der Waals surface area contributed by atoms with E-state index in [1.54, 1.807) is 11.8 Å². The number of hydrogen-bond donors (Lipinski definition) is 2. The van der Waals surface area contributed by atoms with Gasteiger partial charge in [0.15, 0.2) is 5.82 Å². The number of rotatable bonds is 4. The van der Waals surface area contributed by atoms with Gasteiger partial charge in [-0.2, -0.15) is 16.7 Å². The molecule has 0 aliphatic carbocycles. The Labute approximate surface area is 92.6 Å². The molecular formula is C8H13ClN4S. The van der Waals surface area contributed by atoms with E-state index < -0.39 is 0 Å². The van der Waals surface area contributed by atoms with Gasteiger partial charge in [-0.25, -0.2) is 4.98 Å². The van der Waals surface area contributed by atoms with Crippen molar-refractivity contribution in [3.05, 3.63) is 11.5 Å². The normalized spacial score (nSPS) is 12.5. The van der Waals surface area contributed by atoms with Crippen molar-refractivity contribution in [1.82, 2.24) is 9.97 Å². The first-order chi connectivity index (χ1) is 6.63. The highest BCUT2D eigenvalue weighted by molar-refractivity contribution is 7.99. The van der Waals surface area contributed by atoms with Crippen LogP contribution in [0.5, 0.6) is 0 Å². The first-order valence-corrected chi connectivity index (χ1v) is 5.84. The minimum absolute atomic E-state index is 0.207. The van der Waals surface area contributed by atoms with E-state index in [1.807, 2.05) is 0 Å². The van der Waals surface area contributed by atoms with Crippen molar-refractivity contribution < 1.29 is 0 Å². The first-order valence-electron chi connectivity index (χ1n) is 4.18. The van der Waals surface area contributed by atoms with Crippen molar-refractivity contribution in [2.24, 2.45) is 0 Å². The van der Waals surface area contributed by atoms with Crippen molar-refractivity contribution in [3.63, 3.8) is 0 Å². The van der Waals surface area contributed by atoms with Gasteiger partial charge in [0, 0.05) is 11.8 Å². The molecule has 0 aliphatic heterocycles. The molecule has 0 saturated carbocycles. The average Bonchev–Trinajstić information content (AvgIpc) is 2.19. The lowest BCUT2D eigenvalue weighted by atomic mass is 10.4. The molecule has 1 atom stereocenters. The van der Waals surface area contributed by atoms with Crippen LogP contribution in [0.3, 0.4) is 0 Å². The first kappa shape index (κ1) is 11.4. The fourth-order valence-electron chi connectivity index (χ4n) is 0.835. The number of thioether (sulfide) groups is 1. The van der Waals surface area contributed by atoms with Crippen molar-refractivity contribution in [3.8, 4) is 0 Å². The summed E-state index contributed by atoms with van der Waals surface area (Å²) in [4.78, 5) is 7.76. The van der Waals surface area contributed by atoms with Gasteiger partial charge in [0.2, 0.25) is 5.28 Å². The number of halogens is 1. The zero-order chi connectivity index (χ0) is 10.6. The Morgan fingerprint density at radius 2 is 2.43 bits per heavy atom. The van der Waals surface area contributed by atoms with E-state index in [2.05, 4.69) is 28.5 Å². The van der Waals surface area contributed by atoms with Gasteiger partial charge >= 0.3 is 0 Å². The standard InChI is InChI=1S/C8H13ClN4S/c1-5(14-2)3-11-7-6(10)4-12-8(9)13-7/h4-5H,3,10H2,1-2H3,(H,11,12,13). The van der Waals surface area contributed by atoms with Crippen LogP contribution in [0.15, 0.2) is 6.20 Å². The van der Waals surface area contributed by atoms with Crippen molar-refractivity contribution in [2.75, 3.05) is 23.9 Å². The molecule has 1 unspecified atom stereocenters. The van der Waals surface area contributed by atoms with Gasteiger partial charge < -0.3 is 11.1 Å². The summed E-state index contributed by atoms with van der Waals surface area (Å²) < 4.78 is 0. The van der Waals surface area contributed by atoms with E-state index in [0.717, 1.165) is 6.54 Å². The molecule has 0 aromatic carbocycles. The molecule has 0 saturated heterocycles. The van der Waals surface area contributed by atoms with Crippen LogP contribution in [-0.4, -0.2) is 28.0 Å². The highest BCUT2D eigenvalue weighted by atomic mass is 35.5. The number of nitrogens with one attached hydrogen (secondary N) is 1. The van der Waals surface area contributed by atoms with E-state index in [0.29, 0.717) is 16.8 Å². The second kappa shape index (κ2) is 5.26. The van der Waals surface area contributed by atoms with Gasteiger partial charge in [0.25, 0.3) is 0 Å². The summed E-state index contributed by atoms with van der Waals surface area (Å²) in [6.07, 6.45) is 3.56. The number of aromatic nitrogens is 2. The summed E-state index contributed by atoms with van der Waals surface area (Å²) in [5, 5.41) is 3.83. The third kappa shape index (κ3) is 3.23. The molecule has 0 bridgehead atoms. The van der Waals surface area contributed by atoms with Gasteiger partial charge in [-0.3, -0.25) is 0 Å². The fraction of sp³-hybridized carbons (Fsp3) is 0.500. The maximum Gasteiger partial charge on any atom is 0.224 e. The average molecular weight is 233 g/mol. The van der Waals surface area contributed by atoms with Crippen LogP contribution in [0, 0.1) is 0 Å². The maximum absolute atomic E-state index is 5.66. The van der Waals surface area contributed by atoms with Gasteiger partial charge in [-0.15, -0.1) is 0 Å². The predicted molar refractivity (Wildman–Crippen MR) is 62.9 cm³/mol. The van der Waals surface area contributed by atoms with Crippen LogP contribution in [0.1, 0.15) is 6.92 Å².